The lowest BCUT2D eigenvalue weighted by Crippen LogP contribution is -2.24. The average molecular weight is 389 g/mol. The van der Waals surface area contributed by atoms with Crippen molar-refractivity contribution in [3.8, 4) is 11.3 Å². The number of aromatic nitrogens is 2. The molecule has 148 valence electrons. The third kappa shape index (κ3) is 5.65. The molecule has 0 bridgehead atoms. The van der Waals surface area contributed by atoms with Crippen LogP contribution >= 0.6 is 0 Å². The Kier molecular flexibility index (Phi) is 6.58. The van der Waals surface area contributed by atoms with Gasteiger partial charge in [-0.05, 0) is 18.6 Å². The summed E-state index contributed by atoms with van der Waals surface area (Å²) < 4.78 is 6.76. The molecule has 0 radical (unpaired) electrons. The fourth-order valence-electron chi connectivity index (χ4n) is 2.76. The van der Waals surface area contributed by atoms with E-state index >= 15 is 0 Å². The first-order chi connectivity index (χ1) is 14.0. The number of benzene rings is 2. The van der Waals surface area contributed by atoms with E-state index in [2.05, 4.69) is 5.32 Å². The Hall–Kier alpha value is -3.67. The maximum absolute atomic E-state index is 11.9. The first kappa shape index (κ1) is 20.1. The molecule has 6 nitrogen and oxygen atoms in total. The van der Waals surface area contributed by atoms with Gasteiger partial charge in [0.1, 0.15) is 0 Å². The van der Waals surface area contributed by atoms with Crippen molar-refractivity contribution < 1.29 is 14.3 Å². The van der Waals surface area contributed by atoms with Crippen molar-refractivity contribution in [2.45, 2.75) is 13.5 Å². The van der Waals surface area contributed by atoms with Gasteiger partial charge in [0.25, 0.3) is 5.91 Å². The Morgan fingerprint density at radius 3 is 2.52 bits per heavy atom. The zero-order valence-corrected chi connectivity index (χ0v) is 16.5. The maximum atomic E-state index is 11.9. The number of aryl methyl sites for hydroxylation is 1. The van der Waals surface area contributed by atoms with E-state index in [4.69, 9.17) is 9.84 Å². The van der Waals surface area contributed by atoms with Crippen molar-refractivity contribution in [3.05, 3.63) is 83.6 Å². The zero-order chi connectivity index (χ0) is 20.6. The van der Waals surface area contributed by atoms with E-state index < -0.39 is 5.97 Å². The van der Waals surface area contributed by atoms with Crippen molar-refractivity contribution >= 4 is 18.0 Å². The quantitative estimate of drug-likeness (QED) is 0.497. The Labute approximate surface area is 169 Å². The Morgan fingerprint density at radius 2 is 1.83 bits per heavy atom. The molecule has 1 N–H and O–H groups in total. The number of hydrogen-bond acceptors (Lipinski definition) is 4. The number of likely N-dealkylation sites (N-methyl/N-ethyl adjacent to an activating group) is 1. The number of esters is 1. The van der Waals surface area contributed by atoms with E-state index in [0.29, 0.717) is 6.54 Å². The van der Waals surface area contributed by atoms with E-state index in [1.807, 2.05) is 72.4 Å². The average Bonchev–Trinajstić information content (AvgIpc) is 3.14. The molecule has 2 aromatic carbocycles. The van der Waals surface area contributed by atoms with Gasteiger partial charge in [0.2, 0.25) is 0 Å². The highest BCUT2D eigenvalue weighted by atomic mass is 16.5. The lowest BCUT2D eigenvalue weighted by atomic mass is 10.1. The topological polar surface area (TPSA) is 73.2 Å². The van der Waals surface area contributed by atoms with Gasteiger partial charge in [-0.2, -0.15) is 5.10 Å². The van der Waals surface area contributed by atoms with Crippen LogP contribution in [0.1, 0.15) is 16.7 Å². The monoisotopic (exact) mass is 389 g/mol. The summed E-state index contributed by atoms with van der Waals surface area (Å²) in [5, 5.41) is 7.12. The van der Waals surface area contributed by atoms with Gasteiger partial charge < -0.3 is 10.1 Å². The molecule has 0 unspecified atom stereocenters. The van der Waals surface area contributed by atoms with Crippen LogP contribution in [-0.2, 0) is 20.9 Å². The summed E-state index contributed by atoms with van der Waals surface area (Å²) in [6.07, 6.45) is 4.87. The highest BCUT2D eigenvalue weighted by Gasteiger charge is 2.11. The van der Waals surface area contributed by atoms with Gasteiger partial charge in [-0.3, -0.25) is 9.48 Å². The standard InChI is InChI=1S/C23H23N3O3/c1-17-8-10-19(11-9-17)23-20(12-13-22(28)29-16-21(27)24-2)15-26(25-23)14-18-6-4-3-5-7-18/h3-13,15H,14,16H2,1-2H3,(H,24,27)/b13-12+. The summed E-state index contributed by atoms with van der Waals surface area (Å²) in [6, 6.07) is 18.1. The van der Waals surface area contributed by atoms with Gasteiger partial charge in [0, 0.05) is 30.4 Å². The van der Waals surface area contributed by atoms with Crippen LogP contribution < -0.4 is 5.32 Å². The first-order valence-electron chi connectivity index (χ1n) is 9.29. The van der Waals surface area contributed by atoms with Crippen LogP contribution in [0.3, 0.4) is 0 Å². The molecule has 0 aliphatic rings. The van der Waals surface area contributed by atoms with Crippen molar-refractivity contribution in [3.63, 3.8) is 0 Å². The minimum atomic E-state index is -0.584. The third-order valence-electron chi connectivity index (χ3n) is 4.33. The SMILES string of the molecule is CNC(=O)COC(=O)/C=C/c1cn(Cc2ccccc2)nc1-c1ccc(C)cc1. The fraction of sp³-hybridized carbons (Fsp3) is 0.174. The lowest BCUT2D eigenvalue weighted by Gasteiger charge is -2.02. The predicted molar refractivity (Wildman–Crippen MR) is 112 cm³/mol. The van der Waals surface area contributed by atoms with Gasteiger partial charge in [0.15, 0.2) is 6.61 Å². The number of ether oxygens (including phenoxy) is 1. The number of carbonyl (C=O) groups is 2. The summed E-state index contributed by atoms with van der Waals surface area (Å²) in [5.41, 5.74) is 4.82. The molecular weight excluding hydrogens is 366 g/mol. The summed E-state index contributed by atoms with van der Waals surface area (Å²) >= 11 is 0. The van der Waals surface area contributed by atoms with Crippen molar-refractivity contribution in [2.24, 2.45) is 0 Å². The van der Waals surface area contributed by atoms with Crippen LogP contribution in [0, 0.1) is 6.92 Å². The van der Waals surface area contributed by atoms with Gasteiger partial charge in [-0.1, -0.05) is 60.2 Å². The largest absolute Gasteiger partial charge is 0.452 e. The number of amides is 1. The molecule has 0 aliphatic heterocycles. The number of nitrogens with one attached hydrogen (secondary N) is 1. The van der Waals surface area contributed by atoms with E-state index in [-0.39, 0.29) is 12.5 Å². The predicted octanol–water partition coefficient (Wildman–Crippen LogP) is 3.21. The third-order valence-corrected chi connectivity index (χ3v) is 4.33. The number of rotatable bonds is 7. The molecule has 6 heteroatoms. The van der Waals surface area contributed by atoms with Crippen LogP contribution in [0.5, 0.6) is 0 Å². The number of nitrogens with zero attached hydrogens (tertiary/aromatic N) is 2. The summed E-state index contributed by atoms with van der Waals surface area (Å²) in [7, 11) is 1.49. The maximum Gasteiger partial charge on any atom is 0.331 e. The summed E-state index contributed by atoms with van der Waals surface area (Å²) in [5.74, 6) is -0.943. The van der Waals surface area contributed by atoms with E-state index in [0.717, 1.165) is 27.9 Å². The minimum absolute atomic E-state index is 0.308. The molecule has 1 heterocycles. The molecule has 29 heavy (non-hydrogen) atoms. The van der Waals surface area contributed by atoms with Crippen molar-refractivity contribution in [1.82, 2.24) is 15.1 Å². The van der Waals surface area contributed by atoms with Gasteiger partial charge in [0.05, 0.1) is 12.2 Å². The normalized spacial score (nSPS) is 10.8. The van der Waals surface area contributed by atoms with Crippen LogP contribution in [-0.4, -0.2) is 35.3 Å². The number of hydrogen-bond donors (Lipinski definition) is 1. The van der Waals surface area contributed by atoms with Crippen LogP contribution in [0.4, 0.5) is 0 Å². The highest BCUT2D eigenvalue weighted by molar-refractivity contribution is 5.90. The molecular formula is C23H23N3O3. The molecule has 1 aromatic heterocycles. The van der Waals surface area contributed by atoms with Gasteiger partial charge >= 0.3 is 5.97 Å². The zero-order valence-electron chi connectivity index (χ0n) is 16.5. The Bertz CT molecular complexity index is 1010. The van der Waals surface area contributed by atoms with E-state index in [1.54, 1.807) is 6.08 Å². The molecule has 0 atom stereocenters. The van der Waals surface area contributed by atoms with Gasteiger partial charge in [-0.25, -0.2) is 4.79 Å². The van der Waals surface area contributed by atoms with E-state index in [9.17, 15) is 9.59 Å². The smallest absolute Gasteiger partial charge is 0.331 e. The Morgan fingerprint density at radius 1 is 1.10 bits per heavy atom. The minimum Gasteiger partial charge on any atom is -0.452 e. The van der Waals surface area contributed by atoms with Crippen molar-refractivity contribution in [1.29, 1.82) is 0 Å². The highest BCUT2D eigenvalue weighted by Crippen LogP contribution is 2.24. The lowest BCUT2D eigenvalue weighted by molar-refractivity contribution is -0.143. The van der Waals surface area contributed by atoms with Crippen LogP contribution in [0.15, 0.2) is 66.9 Å². The second kappa shape index (κ2) is 9.50. The molecule has 0 aliphatic carbocycles. The molecule has 3 rings (SSSR count). The first-order valence-corrected chi connectivity index (χ1v) is 9.29. The second-order valence-corrected chi connectivity index (χ2v) is 6.60. The molecule has 0 saturated carbocycles. The van der Waals surface area contributed by atoms with Crippen LogP contribution in [0.25, 0.3) is 17.3 Å². The van der Waals surface area contributed by atoms with Crippen LogP contribution in [0.2, 0.25) is 0 Å². The second-order valence-electron chi connectivity index (χ2n) is 6.60. The van der Waals surface area contributed by atoms with E-state index in [1.165, 1.54) is 13.1 Å². The molecule has 0 fully saturated rings. The molecule has 3 aromatic rings. The molecule has 0 saturated heterocycles. The van der Waals surface area contributed by atoms with Gasteiger partial charge in [-0.15, -0.1) is 0 Å². The molecule has 0 spiro atoms. The summed E-state index contributed by atoms with van der Waals surface area (Å²) in [4.78, 5) is 23.1. The number of carbonyl (C=O) groups excluding carboxylic acids is 2. The fourth-order valence-corrected chi connectivity index (χ4v) is 2.76. The summed E-state index contributed by atoms with van der Waals surface area (Å²) in [6.45, 7) is 2.34. The Balaban J connectivity index is 1.85. The van der Waals surface area contributed by atoms with Crippen molar-refractivity contribution in [2.75, 3.05) is 13.7 Å². The molecule has 1 amide bonds.